The molecule has 0 aromatic heterocycles. The molecular weight excluding hydrogens is 210 g/mol. The first-order valence-corrected chi connectivity index (χ1v) is 5.75. The second-order valence-corrected chi connectivity index (χ2v) is 3.95. The van der Waals surface area contributed by atoms with Crippen molar-refractivity contribution in [1.82, 2.24) is 4.72 Å². The second-order valence-electron chi connectivity index (χ2n) is 3.01. The van der Waals surface area contributed by atoms with Crippen LogP contribution in [0.2, 0.25) is 0 Å². The number of hydrogen-bond donors (Lipinski definition) is 1. The van der Waals surface area contributed by atoms with Crippen molar-refractivity contribution < 1.29 is 9.47 Å². The highest BCUT2D eigenvalue weighted by molar-refractivity contribution is 7.97. The van der Waals surface area contributed by atoms with Crippen molar-refractivity contribution in [2.45, 2.75) is 18.2 Å². The molecule has 0 amide bonds. The smallest absolute Gasteiger partial charge is 0.134 e. The molecule has 0 atom stereocenters. The maximum atomic E-state index is 5.26. The van der Waals surface area contributed by atoms with Crippen LogP contribution in [0.3, 0.4) is 0 Å². The van der Waals surface area contributed by atoms with Crippen LogP contribution in [0.15, 0.2) is 23.1 Å². The molecule has 0 heterocycles. The van der Waals surface area contributed by atoms with Gasteiger partial charge in [0, 0.05) is 6.54 Å². The van der Waals surface area contributed by atoms with E-state index in [9.17, 15) is 0 Å². The van der Waals surface area contributed by atoms with Crippen LogP contribution in [0.4, 0.5) is 0 Å². The Morgan fingerprint density at radius 3 is 2.67 bits per heavy atom. The molecule has 1 aromatic rings. The summed E-state index contributed by atoms with van der Waals surface area (Å²) in [5.41, 5.74) is 0. The van der Waals surface area contributed by atoms with Crippen LogP contribution in [0.25, 0.3) is 0 Å². The van der Waals surface area contributed by atoms with E-state index in [4.69, 9.17) is 9.47 Å². The molecule has 0 bridgehead atoms. The molecule has 84 valence electrons. The Kier molecular flexibility index (Phi) is 5.36. The summed E-state index contributed by atoms with van der Waals surface area (Å²) >= 11 is 1.57. The molecule has 0 radical (unpaired) electrons. The number of ether oxygens (including phenoxy) is 2. The van der Waals surface area contributed by atoms with Crippen LogP contribution in [0, 0.1) is 0 Å². The molecule has 3 nitrogen and oxygen atoms in total. The van der Waals surface area contributed by atoms with E-state index in [2.05, 4.69) is 11.6 Å². The first-order chi connectivity index (χ1) is 7.31. The van der Waals surface area contributed by atoms with Crippen LogP contribution >= 0.6 is 11.9 Å². The van der Waals surface area contributed by atoms with Crippen LogP contribution in [-0.4, -0.2) is 20.8 Å². The van der Waals surface area contributed by atoms with Gasteiger partial charge in [-0.2, -0.15) is 0 Å². The highest BCUT2D eigenvalue weighted by Gasteiger charge is 2.04. The van der Waals surface area contributed by atoms with Crippen molar-refractivity contribution in [3.63, 3.8) is 0 Å². The van der Waals surface area contributed by atoms with Crippen molar-refractivity contribution in [1.29, 1.82) is 0 Å². The van der Waals surface area contributed by atoms with Crippen LogP contribution in [0.5, 0.6) is 11.5 Å². The van der Waals surface area contributed by atoms with Gasteiger partial charge in [-0.05, 0) is 36.6 Å². The van der Waals surface area contributed by atoms with E-state index in [1.165, 1.54) is 0 Å². The minimum absolute atomic E-state index is 0.844. The number of rotatable bonds is 6. The first kappa shape index (κ1) is 12.2. The molecule has 0 spiro atoms. The normalized spacial score (nSPS) is 10.1. The van der Waals surface area contributed by atoms with Gasteiger partial charge < -0.3 is 9.47 Å². The summed E-state index contributed by atoms with van der Waals surface area (Å²) in [5.74, 6) is 1.71. The maximum absolute atomic E-state index is 5.26. The lowest BCUT2D eigenvalue weighted by atomic mass is 10.3. The molecule has 4 heteroatoms. The zero-order chi connectivity index (χ0) is 11.1. The molecule has 0 saturated carbocycles. The Morgan fingerprint density at radius 2 is 2.07 bits per heavy atom. The van der Waals surface area contributed by atoms with Crippen LogP contribution in [0.1, 0.15) is 13.3 Å². The molecule has 0 aliphatic carbocycles. The Labute approximate surface area is 95.3 Å². The lowest BCUT2D eigenvalue weighted by Gasteiger charge is -2.09. The van der Waals surface area contributed by atoms with Gasteiger partial charge in [0.25, 0.3) is 0 Å². The molecule has 0 aliphatic heterocycles. The lowest BCUT2D eigenvalue weighted by Crippen LogP contribution is -2.04. The molecule has 0 fully saturated rings. The van der Waals surface area contributed by atoms with Gasteiger partial charge in [-0.3, -0.25) is 4.72 Å². The fourth-order valence-electron chi connectivity index (χ4n) is 1.09. The van der Waals surface area contributed by atoms with E-state index in [1.54, 1.807) is 26.2 Å². The third-order valence-corrected chi connectivity index (χ3v) is 2.79. The standard InChI is InChI=1S/C11H17NO2S/c1-4-7-12-15-11-8-9(13-2)5-6-10(11)14-3/h5-6,8,12H,4,7H2,1-3H3. The summed E-state index contributed by atoms with van der Waals surface area (Å²) in [6, 6.07) is 5.77. The molecule has 1 N–H and O–H groups in total. The molecule has 0 unspecified atom stereocenters. The minimum atomic E-state index is 0.844. The van der Waals surface area contributed by atoms with E-state index in [0.29, 0.717) is 0 Å². The molecule has 1 rings (SSSR count). The summed E-state index contributed by atoms with van der Waals surface area (Å²) in [4.78, 5) is 1.05. The fourth-order valence-corrected chi connectivity index (χ4v) is 1.98. The Balaban J connectivity index is 2.72. The summed E-state index contributed by atoms with van der Waals surface area (Å²) in [6.07, 6.45) is 1.11. The largest absolute Gasteiger partial charge is 0.497 e. The van der Waals surface area contributed by atoms with Gasteiger partial charge in [-0.15, -0.1) is 0 Å². The van der Waals surface area contributed by atoms with E-state index >= 15 is 0 Å². The molecule has 0 saturated heterocycles. The van der Waals surface area contributed by atoms with Gasteiger partial charge in [0.1, 0.15) is 11.5 Å². The van der Waals surface area contributed by atoms with Crippen LogP contribution in [-0.2, 0) is 0 Å². The molecular formula is C11H17NO2S. The second kappa shape index (κ2) is 6.58. The van der Waals surface area contributed by atoms with Gasteiger partial charge in [0.2, 0.25) is 0 Å². The van der Waals surface area contributed by atoms with Crippen molar-refractivity contribution in [3.8, 4) is 11.5 Å². The molecule has 15 heavy (non-hydrogen) atoms. The lowest BCUT2D eigenvalue weighted by molar-refractivity contribution is 0.394. The van der Waals surface area contributed by atoms with E-state index in [-0.39, 0.29) is 0 Å². The van der Waals surface area contributed by atoms with Crippen molar-refractivity contribution in [2.24, 2.45) is 0 Å². The topological polar surface area (TPSA) is 30.5 Å². The number of nitrogens with one attached hydrogen (secondary N) is 1. The monoisotopic (exact) mass is 227 g/mol. The zero-order valence-corrected chi connectivity index (χ0v) is 10.2. The van der Waals surface area contributed by atoms with Crippen LogP contribution < -0.4 is 14.2 Å². The van der Waals surface area contributed by atoms with E-state index in [0.717, 1.165) is 29.4 Å². The third kappa shape index (κ3) is 3.64. The van der Waals surface area contributed by atoms with Gasteiger partial charge in [-0.1, -0.05) is 6.92 Å². The van der Waals surface area contributed by atoms with Gasteiger partial charge >= 0.3 is 0 Å². The summed E-state index contributed by atoms with van der Waals surface area (Å²) in [6.45, 7) is 3.11. The number of benzene rings is 1. The van der Waals surface area contributed by atoms with Gasteiger partial charge in [0.15, 0.2) is 0 Å². The number of hydrogen-bond acceptors (Lipinski definition) is 4. The zero-order valence-electron chi connectivity index (χ0n) is 9.37. The highest BCUT2D eigenvalue weighted by Crippen LogP contribution is 2.30. The predicted octanol–water partition coefficient (Wildman–Crippen LogP) is 2.71. The number of methoxy groups -OCH3 is 2. The highest BCUT2D eigenvalue weighted by atomic mass is 32.2. The summed E-state index contributed by atoms with van der Waals surface area (Å²) in [5, 5.41) is 0. The minimum Gasteiger partial charge on any atom is -0.497 e. The SMILES string of the molecule is CCCNSc1cc(OC)ccc1OC. The van der Waals surface area contributed by atoms with E-state index < -0.39 is 0 Å². The molecule has 1 aromatic carbocycles. The van der Waals surface area contributed by atoms with Crippen molar-refractivity contribution in [3.05, 3.63) is 18.2 Å². The average Bonchev–Trinajstić information content (AvgIpc) is 2.29. The maximum Gasteiger partial charge on any atom is 0.134 e. The first-order valence-electron chi connectivity index (χ1n) is 4.93. The van der Waals surface area contributed by atoms with Gasteiger partial charge in [-0.25, -0.2) is 0 Å². The third-order valence-electron chi connectivity index (χ3n) is 1.90. The summed E-state index contributed by atoms with van der Waals surface area (Å²) in [7, 11) is 3.33. The van der Waals surface area contributed by atoms with Crippen molar-refractivity contribution >= 4 is 11.9 Å². The average molecular weight is 227 g/mol. The Hall–Kier alpha value is -0.870. The van der Waals surface area contributed by atoms with E-state index in [1.807, 2.05) is 18.2 Å². The van der Waals surface area contributed by atoms with Gasteiger partial charge in [0.05, 0.1) is 19.1 Å². The summed E-state index contributed by atoms with van der Waals surface area (Å²) < 4.78 is 13.7. The fraction of sp³-hybridized carbons (Fsp3) is 0.455. The quantitative estimate of drug-likeness (QED) is 0.598. The van der Waals surface area contributed by atoms with Crippen molar-refractivity contribution in [2.75, 3.05) is 20.8 Å². The molecule has 0 aliphatic rings. The Bertz CT molecular complexity index is 305. The Morgan fingerprint density at radius 1 is 1.27 bits per heavy atom. The predicted molar refractivity (Wildman–Crippen MR) is 63.7 cm³/mol.